The van der Waals surface area contributed by atoms with E-state index in [0.29, 0.717) is 24.3 Å². The maximum absolute atomic E-state index is 11.9. The number of ether oxygens (including phenoxy) is 1. The summed E-state index contributed by atoms with van der Waals surface area (Å²) in [6.07, 6.45) is 1.15. The first-order valence-electron chi connectivity index (χ1n) is 6.07. The number of rotatable bonds is 2. The van der Waals surface area contributed by atoms with Gasteiger partial charge in [0.1, 0.15) is 6.10 Å². The van der Waals surface area contributed by atoms with Gasteiger partial charge < -0.3 is 10.1 Å². The molecule has 1 fully saturated rings. The molecule has 0 aromatic heterocycles. The summed E-state index contributed by atoms with van der Waals surface area (Å²) >= 11 is 0. The number of fused-ring (bicyclic) bond motifs is 1. The smallest absolute Gasteiger partial charge is 0.259 e. The van der Waals surface area contributed by atoms with Crippen molar-refractivity contribution in [1.29, 1.82) is 0 Å². The van der Waals surface area contributed by atoms with Crippen molar-refractivity contribution in [3.8, 4) is 0 Å². The molecular formula is C13H12N2O4. The van der Waals surface area contributed by atoms with Crippen molar-refractivity contribution in [3.05, 3.63) is 29.3 Å². The van der Waals surface area contributed by atoms with E-state index in [4.69, 9.17) is 4.74 Å². The van der Waals surface area contributed by atoms with Crippen LogP contribution in [0.25, 0.3) is 0 Å². The second kappa shape index (κ2) is 4.47. The molecule has 0 bridgehead atoms. The van der Waals surface area contributed by atoms with Gasteiger partial charge in [-0.2, -0.15) is 0 Å². The lowest BCUT2D eigenvalue weighted by atomic mass is 10.1. The Labute approximate surface area is 109 Å². The third kappa shape index (κ3) is 2.10. The van der Waals surface area contributed by atoms with Crippen LogP contribution in [0.2, 0.25) is 0 Å². The summed E-state index contributed by atoms with van der Waals surface area (Å²) in [5, 5.41) is 4.90. The predicted molar refractivity (Wildman–Crippen MR) is 65.8 cm³/mol. The lowest BCUT2D eigenvalue weighted by Crippen LogP contribution is -2.26. The molecule has 0 unspecified atom stereocenters. The van der Waals surface area contributed by atoms with Crippen molar-refractivity contribution in [3.63, 3.8) is 0 Å². The Balaban J connectivity index is 1.79. The normalized spacial score (nSPS) is 21.2. The number of carbonyl (C=O) groups is 3. The Morgan fingerprint density at radius 2 is 2.05 bits per heavy atom. The zero-order valence-electron chi connectivity index (χ0n) is 10.1. The largest absolute Gasteiger partial charge is 0.368 e. The number of benzene rings is 1. The van der Waals surface area contributed by atoms with Crippen LogP contribution in [0.15, 0.2) is 18.2 Å². The first kappa shape index (κ1) is 11.9. The van der Waals surface area contributed by atoms with Crippen molar-refractivity contribution in [2.75, 3.05) is 11.9 Å². The molecule has 6 heteroatoms. The summed E-state index contributed by atoms with van der Waals surface area (Å²) in [7, 11) is 0. The number of imide groups is 1. The van der Waals surface area contributed by atoms with Gasteiger partial charge in [-0.05, 0) is 31.0 Å². The standard InChI is InChI=1S/C13H12N2O4/c16-11-8-4-3-7(6-9(8)12(17)15-11)14-13(18)10-2-1-5-19-10/h3-4,6,10H,1-2,5H2,(H,14,18)(H,15,16,17)/t10-/m0/s1. The summed E-state index contributed by atoms with van der Waals surface area (Å²) in [6.45, 7) is 0.596. The number of hydrogen-bond acceptors (Lipinski definition) is 4. The molecule has 6 nitrogen and oxygen atoms in total. The summed E-state index contributed by atoms with van der Waals surface area (Å²) in [5.41, 5.74) is 1.11. The number of carbonyl (C=O) groups excluding carboxylic acids is 3. The van der Waals surface area contributed by atoms with Crippen LogP contribution < -0.4 is 10.6 Å². The van der Waals surface area contributed by atoms with Crippen LogP contribution in [0.5, 0.6) is 0 Å². The molecule has 1 aromatic rings. The molecule has 1 saturated heterocycles. The Bertz CT molecular complexity index is 576. The van der Waals surface area contributed by atoms with Gasteiger partial charge in [0.25, 0.3) is 17.7 Å². The van der Waals surface area contributed by atoms with E-state index in [1.807, 2.05) is 0 Å². The number of amides is 3. The predicted octanol–water partition coefficient (Wildman–Crippen LogP) is 0.688. The molecule has 3 rings (SSSR count). The van der Waals surface area contributed by atoms with Crippen molar-refractivity contribution in [2.24, 2.45) is 0 Å². The molecule has 0 saturated carbocycles. The molecule has 0 aliphatic carbocycles. The van der Waals surface area contributed by atoms with Crippen molar-refractivity contribution in [2.45, 2.75) is 18.9 Å². The molecule has 98 valence electrons. The molecule has 19 heavy (non-hydrogen) atoms. The van der Waals surface area contributed by atoms with E-state index in [1.54, 1.807) is 6.07 Å². The first-order valence-corrected chi connectivity index (χ1v) is 6.07. The Morgan fingerprint density at radius 1 is 1.26 bits per heavy atom. The Morgan fingerprint density at radius 3 is 2.79 bits per heavy atom. The number of nitrogens with one attached hydrogen (secondary N) is 2. The zero-order chi connectivity index (χ0) is 13.4. The summed E-state index contributed by atoms with van der Waals surface area (Å²) in [6, 6.07) is 4.63. The van der Waals surface area contributed by atoms with Gasteiger partial charge in [-0.25, -0.2) is 0 Å². The van der Waals surface area contributed by atoms with Gasteiger partial charge in [-0.15, -0.1) is 0 Å². The van der Waals surface area contributed by atoms with E-state index in [-0.39, 0.29) is 11.5 Å². The zero-order valence-corrected chi connectivity index (χ0v) is 10.1. The maximum atomic E-state index is 11.9. The fraction of sp³-hybridized carbons (Fsp3) is 0.308. The monoisotopic (exact) mass is 260 g/mol. The fourth-order valence-corrected chi connectivity index (χ4v) is 2.25. The molecule has 1 aromatic carbocycles. The number of anilines is 1. The molecule has 0 radical (unpaired) electrons. The van der Waals surface area contributed by atoms with E-state index in [0.717, 1.165) is 6.42 Å². The summed E-state index contributed by atoms with van der Waals surface area (Å²) < 4.78 is 5.27. The third-order valence-corrected chi connectivity index (χ3v) is 3.23. The lowest BCUT2D eigenvalue weighted by molar-refractivity contribution is -0.124. The molecule has 1 atom stereocenters. The second-order valence-electron chi connectivity index (χ2n) is 4.53. The van der Waals surface area contributed by atoms with Gasteiger partial charge in [0.05, 0.1) is 11.1 Å². The molecule has 3 amide bonds. The summed E-state index contributed by atoms with van der Waals surface area (Å²) in [4.78, 5) is 34.7. The molecular weight excluding hydrogens is 248 g/mol. The molecule has 2 heterocycles. The van der Waals surface area contributed by atoms with Crippen molar-refractivity contribution in [1.82, 2.24) is 5.32 Å². The molecule has 2 aliphatic rings. The fourth-order valence-electron chi connectivity index (χ4n) is 2.25. The summed E-state index contributed by atoms with van der Waals surface area (Å²) in [5.74, 6) is -1.06. The van der Waals surface area contributed by atoms with E-state index >= 15 is 0 Å². The highest BCUT2D eigenvalue weighted by molar-refractivity contribution is 6.22. The average molecular weight is 260 g/mol. The van der Waals surface area contributed by atoms with Gasteiger partial charge >= 0.3 is 0 Å². The topological polar surface area (TPSA) is 84.5 Å². The van der Waals surface area contributed by atoms with Gasteiger partial charge in [-0.3, -0.25) is 19.7 Å². The van der Waals surface area contributed by atoms with Crippen LogP contribution in [-0.2, 0) is 9.53 Å². The SMILES string of the molecule is O=C1NC(=O)c2cc(NC(=O)[C@@H]3CCCO3)ccc21. The quantitative estimate of drug-likeness (QED) is 0.766. The van der Waals surface area contributed by atoms with Crippen LogP contribution >= 0.6 is 0 Å². The maximum Gasteiger partial charge on any atom is 0.259 e. The lowest BCUT2D eigenvalue weighted by Gasteiger charge is -2.10. The van der Waals surface area contributed by atoms with Crippen LogP contribution in [0, 0.1) is 0 Å². The minimum atomic E-state index is -0.437. The highest BCUT2D eigenvalue weighted by Gasteiger charge is 2.28. The Kier molecular flexibility index (Phi) is 2.79. The minimum Gasteiger partial charge on any atom is -0.368 e. The minimum absolute atomic E-state index is 0.220. The molecule has 2 N–H and O–H groups in total. The average Bonchev–Trinajstić information content (AvgIpc) is 2.99. The van der Waals surface area contributed by atoms with Crippen LogP contribution in [0.1, 0.15) is 33.6 Å². The molecule has 0 spiro atoms. The first-order chi connectivity index (χ1) is 9.15. The van der Waals surface area contributed by atoms with Crippen LogP contribution in [-0.4, -0.2) is 30.4 Å². The van der Waals surface area contributed by atoms with Crippen molar-refractivity contribution >= 4 is 23.4 Å². The third-order valence-electron chi connectivity index (χ3n) is 3.23. The highest BCUT2D eigenvalue weighted by Crippen LogP contribution is 2.21. The van der Waals surface area contributed by atoms with Gasteiger partial charge in [0.2, 0.25) is 0 Å². The van der Waals surface area contributed by atoms with Crippen LogP contribution in [0.3, 0.4) is 0 Å². The van der Waals surface area contributed by atoms with Crippen molar-refractivity contribution < 1.29 is 19.1 Å². The van der Waals surface area contributed by atoms with Crippen LogP contribution in [0.4, 0.5) is 5.69 Å². The van der Waals surface area contributed by atoms with E-state index < -0.39 is 17.9 Å². The van der Waals surface area contributed by atoms with Gasteiger partial charge in [-0.1, -0.05) is 0 Å². The van der Waals surface area contributed by atoms with E-state index in [9.17, 15) is 14.4 Å². The van der Waals surface area contributed by atoms with Gasteiger partial charge in [0.15, 0.2) is 0 Å². The highest BCUT2D eigenvalue weighted by atomic mass is 16.5. The number of hydrogen-bond donors (Lipinski definition) is 2. The Hall–Kier alpha value is -2.21. The van der Waals surface area contributed by atoms with Gasteiger partial charge in [0, 0.05) is 12.3 Å². The van der Waals surface area contributed by atoms with E-state index in [2.05, 4.69) is 10.6 Å². The molecule has 2 aliphatic heterocycles. The van der Waals surface area contributed by atoms with E-state index in [1.165, 1.54) is 12.1 Å². The second-order valence-corrected chi connectivity index (χ2v) is 4.53.